The van der Waals surface area contributed by atoms with E-state index in [9.17, 15) is 4.79 Å². The highest BCUT2D eigenvalue weighted by Crippen LogP contribution is 2.44. The van der Waals surface area contributed by atoms with Crippen molar-refractivity contribution in [2.45, 2.75) is 57.8 Å². The van der Waals surface area contributed by atoms with Gasteiger partial charge >= 0.3 is 13.2 Å². The molecule has 3 aliphatic rings. The van der Waals surface area contributed by atoms with E-state index in [0.29, 0.717) is 0 Å². The minimum Gasteiger partial charge on any atom is -0.449 e. The van der Waals surface area contributed by atoms with Crippen molar-refractivity contribution in [3.63, 3.8) is 0 Å². The fraction of sp³-hybridized carbons (Fsp3) is 0.364. The van der Waals surface area contributed by atoms with Crippen molar-refractivity contribution in [2.24, 2.45) is 0 Å². The van der Waals surface area contributed by atoms with Crippen molar-refractivity contribution in [2.75, 3.05) is 19.7 Å². The Balaban J connectivity index is 1.18. The molecule has 0 spiro atoms. The van der Waals surface area contributed by atoms with E-state index in [4.69, 9.17) is 14.0 Å². The van der Waals surface area contributed by atoms with Gasteiger partial charge in [-0.05, 0) is 85.1 Å². The van der Waals surface area contributed by atoms with Crippen LogP contribution in [0.15, 0.2) is 72.2 Å². The summed E-state index contributed by atoms with van der Waals surface area (Å²) in [5.74, 6) is 0.0150. The average Bonchev–Trinajstić information content (AvgIpc) is 3.38. The highest BCUT2D eigenvalue weighted by molar-refractivity contribution is 6.56. The minimum absolute atomic E-state index is 0.0150. The highest BCUT2D eigenvalue weighted by atomic mass is 16.7. The lowest BCUT2D eigenvalue weighted by Gasteiger charge is -2.32. The van der Waals surface area contributed by atoms with Crippen molar-refractivity contribution in [1.82, 2.24) is 10.6 Å². The summed E-state index contributed by atoms with van der Waals surface area (Å²) in [5.41, 5.74) is 8.43. The van der Waals surface area contributed by atoms with E-state index in [0.717, 1.165) is 30.5 Å². The molecule has 0 radical (unpaired) electrons. The lowest BCUT2D eigenvalue weighted by atomic mass is 9.76. The largest absolute Gasteiger partial charge is 0.492 e. The van der Waals surface area contributed by atoms with Gasteiger partial charge in [0.15, 0.2) is 0 Å². The van der Waals surface area contributed by atoms with Gasteiger partial charge in [-0.25, -0.2) is 4.79 Å². The van der Waals surface area contributed by atoms with Gasteiger partial charge in [-0.2, -0.15) is 0 Å². The Labute approximate surface area is 237 Å². The number of hydrogen-bond acceptors (Lipinski definition) is 5. The number of ether oxygens (including phenoxy) is 1. The van der Waals surface area contributed by atoms with Crippen LogP contribution in [0.3, 0.4) is 0 Å². The molecule has 6 nitrogen and oxygen atoms in total. The van der Waals surface area contributed by atoms with Crippen LogP contribution < -0.4 is 10.6 Å². The third-order valence-electron chi connectivity index (χ3n) is 8.81. The van der Waals surface area contributed by atoms with Crippen LogP contribution in [0.4, 0.5) is 4.79 Å². The number of fused-ring (bicyclic) bond motifs is 4. The molecule has 3 aromatic rings. The van der Waals surface area contributed by atoms with Crippen molar-refractivity contribution in [3.05, 3.63) is 100 Å². The van der Waals surface area contributed by atoms with Crippen LogP contribution in [0, 0.1) is 0 Å². The molecule has 0 unspecified atom stereocenters. The zero-order valence-electron chi connectivity index (χ0n) is 23.8. The van der Waals surface area contributed by atoms with Gasteiger partial charge in [0.05, 0.1) is 11.2 Å². The minimum atomic E-state index is -0.573. The van der Waals surface area contributed by atoms with E-state index in [2.05, 4.69) is 71.3 Å². The molecule has 1 fully saturated rings. The molecule has 2 heterocycles. The third-order valence-corrected chi connectivity index (χ3v) is 8.81. The van der Waals surface area contributed by atoms with Gasteiger partial charge < -0.3 is 24.7 Å². The Hall–Kier alpha value is -3.39. The maximum atomic E-state index is 13.0. The van der Waals surface area contributed by atoms with Crippen LogP contribution in [0.1, 0.15) is 61.4 Å². The molecule has 0 atom stereocenters. The van der Waals surface area contributed by atoms with Gasteiger partial charge in [0.25, 0.3) is 0 Å². The van der Waals surface area contributed by atoms with E-state index >= 15 is 0 Å². The van der Waals surface area contributed by atoms with Crippen LogP contribution in [0.5, 0.6) is 0 Å². The quantitative estimate of drug-likeness (QED) is 0.385. The van der Waals surface area contributed by atoms with Crippen molar-refractivity contribution in [1.29, 1.82) is 0 Å². The number of amides is 1. The molecule has 206 valence electrons. The summed E-state index contributed by atoms with van der Waals surface area (Å²) in [7, 11) is -0.573. The molecule has 3 aromatic carbocycles. The number of benzene rings is 3. The number of carbonyl (C=O) groups is 1. The van der Waals surface area contributed by atoms with E-state index in [-0.39, 0.29) is 19.1 Å². The summed E-state index contributed by atoms with van der Waals surface area (Å²) in [5, 5.41) is 6.39. The Kier molecular flexibility index (Phi) is 7.07. The normalized spacial score (nSPS) is 19.1. The zero-order chi connectivity index (χ0) is 27.9. The maximum Gasteiger partial charge on any atom is 0.492 e. The lowest BCUT2D eigenvalue weighted by molar-refractivity contribution is 0.00578. The summed E-state index contributed by atoms with van der Waals surface area (Å²) >= 11 is 0. The average molecular weight is 536 g/mol. The first kappa shape index (κ1) is 26.8. The molecule has 2 aliphatic heterocycles. The van der Waals surface area contributed by atoms with Gasteiger partial charge in [-0.15, -0.1) is 0 Å². The predicted molar refractivity (Wildman–Crippen MR) is 159 cm³/mol. The summed E-state index contributed by atoms with van der Waals surface area (Å²) in [6.07, 6.45) is 2.62. The second-order valence-corrected chi connectivity index (χ2v) is 11.9. The smallest absolute Gasteiger partial charge is 0.449 e. The van der Waals surface area contributed by atoms with Crippen LogP contribution in [-0.2, 0) is 27.0 Å². The maximum absolute atomic E-state index is 13.0. The van der Waals surface area contributed by atoms with Crippen LogP contribution in [0.25, 0.3) is 17.2 Å². The molecular weight excluding hydrogens is 499 g/mol. The molecule has 40 heavy (non-hydrogen) atoms. The van der Waals surface area contributed by atoms with Crippen molar-refractivity contribution < 1.29 is 18.8 Å². The number of carbonyl (C=O) groups excluding carboxylic acids is 1. The molecule has 6 rings (SSSR count). The second kappa shape index (κ2) is 10.5. The van der Waals surface area contributed by atoms with Gasteiger partial charge in [-0.1, -0.05) is 72.8 Å². The van der Waals surface area contributed by atoms with E-state index in [1.54, 1.807) is 0 Å². The van der Waals surface area contributed by atoms with Gasteiger partial charge in [-0.3, -0.25) is 0 Å². The number of nitrogens with one attached hydrogen (secondary N) is 2. The first-order valence-electron chi connectivity index (χ1n) is 14.2. The highest BCUT2D eigenvalue weighted by Gasteiger charge is 2.52. The Morgan fingerprint density at radius 2 is 1.62 bits per heavy atom. The van der Waals surface area contributed by atoms with E-state index in [1.165, 1.54) is 33.4 Å². The molecule has 2 N–H and O–H groups in total. The van der Waals surface area contributed by atoms with Crippen LogP contribution >= 0.6 is 0 Å². The first-order chi connectivity index (χ1) is 19.2. The molecule has 1 aliphatic carbocycles. The summed E-state index contributed by atoms with van der Waals surface area (Å²) in [4.78, 5) is 13.0. The summed E-state index contributed by atoms with van der Waals surface area (Å²) < 4.78 is 18.5. The monoisotopic (exact) mass is 536 g/mol. The molecule has 1 amide bonds. The zero-order valence-corrected chi connectivity index (χ0v) is 23.8. The van der Waals surface area contributed by atoms with Gasteiger partial charge in [0.1, 0.15) is 6.61 Å². The number of rotatable bonds is 6. The summed E-state index contributed by atoms with van der Waals surface area (Å²) in [6, 6.07) is 23.2. The fourth-order valence-electron chi connectivity index (χ4n) is 5.82. The Bertz CT molecular complexity index is 1400. The Morgan fingerprint density at radius 1 is 0.975 bits per heavy atom. The van der Waals surface area contributed by atoms with Gasteiger partial charge in [0.2, 0.25) is 0 Å². The number of alkyl carbamates (subject to hydrolysis) is 1. The summed E-state index contributed by atoms with van der Waals surface area (Å²) in [6.45, 7) is 10.6. The van der Waals surface area contributed by atoms with Crippen molar-refractivity contribution in [3.8, 4) is 11.1 Å². The second-order valence-electron chi connectivity index (χ2n) is 11.9. The van der Waals surface area contributed by atoms with E-state index in [1.807, 2.05) is 39.8 Å². The molecular formula is C33H37BN2O4. The molecule has 7 heteroatoms. The SMILES string of the molecule is CC1(C)OB(C(=Cc2ccc3c(c2)CCNC3)CNC(=O)OCC2c3ccccc3-c3ccccc32)OC1(C)C. The standard InChI is InChI=1S/C33H37BN2O4/c1-32(2)33(3,4)40-34(39-32)25(18-22-13-14-24-19-35-16-15-23(24)17-22)20-36-31(37)38-21-30-28-11-7-5-9-26(28)27-10-6-8-12-29(27)30/h5-14,17-18,30,35H,15-16,19-21H2,1-4H3,(H,36,37). The first-order valence-corrected chi connectivity index (χ1v) is 14.2. The predicted octanol–water partition coefficient (Wildman–Crippen LogP) is 5.89. The topological polar surface area (TPSA) is 68.8 Å². The molecule has 0 saturated carbocycles. The van der Waals surface area contributed by atoms with E-state index < -0.39 is 24.4 Å². The van der Waals surface area contributed by atoms with Crippen LogP contribution in [-0.4, -0.2) is 44.1 Å². The fourth-order valence-corrected chi connectivity index (χ4v) is 5.82. The van der Waals surface area contributed by atoms with Gasteiger partial charge in [0, 0.05) is 19.0 Å². The lowest BCUT2D eigenvalue weighted by Crippen LogP contribution is -2.41. The third kappa shape index (κ3) is 5.10. The Morgan fingerprint density at radius 3 is 2.30 bits per heavy atom. The van der Waals surface area contributed by atoms with Crippen LogP contribution in [0.2, 0.25) is 0 Å². The number of hydrogen-bond donors (Lipinski definition) is 2. The molecule has 0 bridgehead atoms. The molecule has 0 aromatic heterocycles. The van der Waals surface area contributed by atoms with Crippen molar-refractivity contribution >= 4 is 19.3 Å². The molecule has 1 saturated heterocycles.